The molecule has 134 valence electrons. The van der Waals surface area contributed by atoms with E-state index in [1.54, 1.807) is 29.8 Å². The zero-order valence-electron chi connectivity index (χ0n) is 14.0. The minimum Gasteiger partial charge on any atom is -0.487 e. The largest absolute Gasteiger partial charge is 0.487 e. The zero-order chi connectivity index (χ0) is 18.8. The maximum absolute atomic E-state index is 13.8. The fourth-order valence-corrected chi connectivity index (χ4v) is 2.96. The first-order valence-electron chi connectivity index (χ1n) is 7.64. The molecule has 0 bridgehead atoms. The van der Waals surface area contributed by atoms with Crippen LogP contribution in [0.3, 0.4) is 0 Å². The van der Waals surface area contributed by atoms with Crippen molar-refractivity contribution >= 4 is 27.5 Å². The minimum absolute atomic E-state index is 0.105. The smallest absolute Gasteiger partial charge is 0.259 e. The van der Waals surface area contributed by atoms with Crippen LogP contribution in [0, 0.1) is 19.7 Å². The van der Waals surface area contributed by atoms with E-state index in [4.69, 9.17) is 16.3 Å². The molecule has 26 heavy (non-hydrogen) atoms. The number of aromatic nitrogens is 3. The maximum atomic E-state index is 13.8. The molecule has 0 aromatic carbocycles. The fraction of sp³-hybridized carbons (Fsp3) is 0.167. The third kappa shape index (κ3) is 3.94. The quantitative estimate of drug-likeness (QED) is 0.567. The highest BCUT2D eigenvalue weighted by Gasteiger charge is 2.11. The van der Waals surface area contributed by atoms with Gasteiger partial charge in [0.15, 0.2) is 0 Å². The summed E-state index contributed by atoms with van der Waals surface area (Å²) in [6.07, 6.45) is 3.03. The van der Waals surface area contributed by atoms with Crippen molar-refractivity contribution in [3.05, 3.63) is 79.4 Å². The molecule has 0 fully saturated rings. The summed E-state index contributed by atoms with van der Waals surface area (Å²) in [6, 6.07) is 6.01. The summed E-state index contributed by atoms with van der Waals surface area (Å²) in [7, 11) is 0. The van der Waals surface area contributed by atoms with Gasteiger partial charge in [-0.3, -0.25) is 14.3 Å². The summed E-state index contributed by atoms with van der Waals surface area (Å²) in [5.74, 6) is -0.217. The van der Waals surface area contributed by atoms with E-state index in [0.717, 1.165) is 11.3 Å². The highest BCUT2D eigenvalue weighted by Crippen LogP contribution is 2.20. The highest BCUT2D eigenvalue weighted by molar-refractivity contribution is 9.10. The van der Waals surface area contributed by atoms with Crippen LogP contribution < -0.4 is 10.3 Å². The SMILES string of the molecule is Cc1cnc(Br)cc1-n1c(C)cc(OCc2ncc(Cl)cc2F)cc1=O. The number of hydrogen-bond acceptors (Lipinski definition) is 4. The lowest BCUT2D eigenvalue weighted by Gasteiger charge is -2.14. The molecule has 3 aromatic heterocycles. The van der Waals surface area contributed by atoms with Gasteiger partial charge in [0.1, 0.15) is 28.5 Å². The average Bonchev–Trinajstić information content (AvgIpc) is 2.56. The Morgan fingerprint density at radius 1 is 1.19 bits per heavy atom. The first-order chi connectivity index (χ1) is 12.3. The first-order valence-corrected chi connectivity index (χ1v) is 8.81. The molecule has 0 radical (unpaired) electrons. The van der Waals surface area contributed by atoms with Crippen LogP contribution in [-0.2, 0) is 6.61 Å². The lowest BCUT2D eigenvalue weighted by atomic mass is 10.2. The topological polar surface area (TPSA) is 57.0 Å². The summed E-state index contributed by atoms with van der Waals surface area (Å²) in [5.41, 5.74) is 2.12. The Morgan fingerprint density at radius 3 is 2.65 bits per heavy atom. The molecule has 3 aromatic rings. The van der Waals surface area contributed by atoms with Crippen LogP contribution in [0.2, 0.25) is 5.02 Å². The Labute approximate surface area is 162 Å². The predicted molar refractivity (Wildman–Crippen MR) is 101 cm³/mol. The zero-order valence-corrected chi connectivity index (χ0v) is 16.3. The van der Waals surface area contributed by atoms with Crippen LogP contribution in [0.15, 0.2) is 46.1 Å². The second-order valence-corrected chi connectivity index (χ2v) is 6.92. The van der Waals surface area contributed by atoms with Crippen LogP contribution in [0.4, 0.5) is 4.39 Å². The number of aryl methyl sites for hydroxylation is 2. The molecule has 0 N–H and O–H groups in total. The van der Waals surface area contributed by atoms with Crippen LogP contribution >= 0.6 is 27.5 Å². The Bertz CT molecular complexity index is 1040. The number of halogens is 3. The number of ether oxygens (including phenoxy) is 1. The minimum atomic E-state index is -0.556. The van der Waals surface area contributed by atoms with Crippen LogP contribution in [0.25, 0.3) is 5.69 Å². The molecule has 3 heterocycles. The van der Waals surface area contributed by atoms with E-state index in [1.165, 1.54) is 18.3 Å². The van der Waals surface area contributed by atoms with Crippen LogP contribution in [-0.4, -0.2) is 14.5 Å². The van der Waals surface area contributed by atoms with Gasteiger partial charge in [-0.2, -0.15) is 0 Å². The van der Waals surface area contributed by atoms with Gasteiger partial charge >= 0.3 is 0 Å². The summed E-state index contributed by atoms with van der Waals surface area (Å²) >= 11 is 9.00. The molecule has 3 rings (SSSR count). The Morgan fingerprint density at radius 2 is 1.96 bits per heavy atom. The van der Waals surface area contributed by atoms with E-state index in [2.05, 4.69) is 25.9 Å². The van der Waals surface area contributed by atoms with E-state index < -0.39 is 5.82 Å². The maximum Gasteiger partial charge on any atom is 0.259 e. The molecule has 0 saturated carbocycles. The molecule has 0 aliphatic rings. The standard InChI is InChI=1S/C18H14BrClFN3O2/c1-10-7-23-17(19)6-16(10)24-11(2)3-13(5-18(24)25)26-9-15-14(21)4-12(20)8-22-15/h3-8H,9H2,1-2H3. The molecule has 5 nitrogen and oxygen atoms in total. The van der Waals surface area contributed by atoms with Crippen molar-refractivity contribution in [1.29, 1.82) is 0 Å². The summed E-state index contributed by atoms with van der Waals surface area (Å²) in [5, 5.41) is 0.212. The summed E-state index contributed by atoms with van der Waals surface area (Å²) < 4.78 is 21.5. The summed E-state index contributed by atoms with van der Waals surface area (Å²) in [4.78, 5) is 20.6. The molecule has 8 heteroatoms. The van der Waals surface area contributed by atoms with Crippen LogP contribution in [0.1, 0.15) is 17.0 Å². The highest BCUT2D eigenvalue weighted by atomic mass is 79.9. The Hall–Kier alpha value is -2.25. The summed E-state index contributed by atoms with van der Waals surface area (Å²) in [6.45, 7) is 3.56. The van der Waals surface area contributed by atoms with Crippen molar-refractivity contribution in [2.75, 3.05) is 0 Å². The van der Waals surface area contributed by atoms with Gasteiger partial charge in [-0.05, 0) is 47.5 Å². The molecule has 0 spiro atoms. The average molecular weight is 439 g/mol. The van der Waals surface area contributed by atoms with Crippen molar-refractivity contribution in [1.82, 2.24) is 14.5 Å². The van der Waals surface area contributed by atoms with Gasteiger partial charge in [-0.1, -0.05) is 11.6 Å². The van der Waals surface area contributed by atoms with Gasteiger partial charge in [0.05, 0.1) is 10.7 Å². The molecule has 0 aliphatic heterocycles. The number of nitrogens with zero attached hydrogens (tertiary/aromatic N) is 3. The lowest BCUT2D eigenvalue weighted by Crippen LogP contribution is -2.21. The van der Waals surface area contributed by atoms with E-state index in [1.807, 2.05) is 6.92 Å². The molecule has 0 atom stereocenters. The molecule has 0 aliphatic carbocycles. The van der Waals surface area contributed by atoms with Gasteiger partial charge < -0.3 is 4.74 Å². The molecular formula is C18H14BrClFN3O2. The van der Waals surface area contributed by atoms with Crippen molar-refractivity contribution in [3.8, 4) is 11.4 Å². The third-order valence-electron chi connectivity index (χ3n) is 3.73. The van der Waals surface area contributed by atoms with Gasteiger partial charge in [0.2, 0.25) is 0 Å². The van der Waals surface area contributed by atoms with Crippen molar-refractivity contribution < 1.29 is 9.13 Å². The van der Waals surface area contributed by atoms with Crippen molar-refractivity contribution in [2.45, 2.75) is 20.5 Å². The van der Waals surface area contributed by atoms with Crippen molar-refractivity contribution in [2.24, 2.45) is 0 Å². The monoisotopic (exact) mass is 437 g/mol. The second-order valence-electron chi connectivity index (χ2n) is 5.67. The molecule has 0 saturated heterocycles. The molecular weight excluding hydrogens is 425 g/mol. The first kappa shape index (κ1) is 18.5. The van der Waals surface area contributed by atoms with Gasteiger partial charge in [0.25, 0.3) is 5.56 Å². The van der Waals surface area contributed by atoms with Gasteiger partial charge in [-0.15, -0.1) is 0 Å². The normalized spacial score (nSPS) is 10.8. The van der Waals surface area contributed by atoms with E-state index in [-0.39, 0.29) is 22.9 Å². The van der Waals surface area contributed by atoms with E-state index >= 15 is 0 Å². The Balaban J connectivity index is 1.90. The third-order valence-corrected chi connectivity index (χ3v) is 4.37. The van der Waals surface area contributed by atoms with E-state index in [9.17, 15) is 9.18 Å². The number of pyridine rings is 3. The van der Waals surface area contributed by atoms with Crippen LogP contribution in [0.5, 0.6) is 5.75 Å². The molecule has 0 amide bonds. The van der Waals surface area contributed by atoms with E-state index in [0.29, 0.717) is 16.0 Å². The number of hydrogen-bond donors (Lipinski definition) is 0. The Kier molecular flexibility index (Phi) is 5.38. The predicted octanol–water partition coefficient (Wildman–Crippen LogP) is 4.38. The molecule has 0 unspecified atom stereocenters. The van der Waals surface area contributed by atoms with Gasteiger partial charge in [-0.25, -0.2) is 9.37 Å². The number of rotatable bonds is 4. The fourth-order valence-electron chi connectivity index (χ4n) is 2.49. The van der Waals surface area contributed by atoms with Gasteiger partial charge in [0, 0.05) is 30.2 Å². The lowest BCUT2D eigenvalue weighted by molar-refractivity contribution is 0.293. The van der Waals surface area contributed by atoms with Crippen molar-refractivity contribution in [3.63, 3.8) is 0 Å². The second kappa shape index (κ2) is 7.55.